The summed E-state index contributed by atoms with van der Waals surface area (Å²) in [5.74, 6) is 4.16. The number of phenols is 2. The minimum atomic E-state index is -0.373. The quantitative estimate of drug-likeness (QED) is 0.273. The first kappa shape index (κ1) is 13.3. The summed E-state index contributed by atoms with van der Waals surface area (Å²) in [6.07, 6.45) is 0.406. The van der Waals surface area contributed by atoms with Gasteiger partial charge in [0.05, 0.1) is 0 Å². The molecule has 1 rings (SSSR count). The number of amides is 1. The zero-order valence-corrected chi connectivity index (χ0v) is 9.26. The number of carbonyl (C=O) groups excluding carboxylic acids is 1. The number of carbonyl (C=O) groups is 1. The number of benzene rings is 1. The predicted octanol–water partition coefficient (Wildman–Crippen LogP) is -0.371. The van der Waals surface area contributed by atoms with Crippen LogP contribution >= 0.6 is 0 Å². The smallest absolute Gasteiger partial charge is 0.234 e. The van der Waals surface area contributed by atoms with Crippen LogP contribution in [0.4, 0.5) is 0 Å². The highest BCUT2D eigenvalue weighted by molar-refractivity contribution is 5.75. The van der Waals surface area contributed by atoms with Gasteiger partial charge in [0.1, 0.15) is 11.5 Å². The average molecular weight is 240 g/mol. The Morgan fingerprint density at radius 2 is 2.12 bits per heavy atom. The van der Waals surface area contributed by atoms with Crippen molar-refractivity contribution in [3.8, 4) is 11.5 Å². The van der Waals surface area contributed by atoms with Crippen LogP contribution in [0.5, 0.6) is 11.5 Å². The van der Waals surface area contributed by atoms with Gasteiger partial charge in [0, 0.05) is 19.1 Å². The summed E-state index contributed by atoms with van der Waals surface area (Å²) in [4.78, 5) is 11.1. The lowest BCUT2D eigenvalue weighted by Crippen LogP contribution is -2.32. The second-order valence-electron chi connectivity index (χ2n) is 3.84. The number of rotatable bonds is 5. The Hall–Kier alpha value is -1.79. The maximum atomic E-state index is 11.1. The van der Waals surface area contributed by atoms with Crippen LogP contribution < -0.4 is 11.3 Å². The molecule has 1 unspecified atom stereocenters. The molecule has 0 aliphatic rings. The van der Waals surface area contributed by atoms with Gasteiger partial charge in [-0.2, -0.15) is 0 Å². The number of aliphatic hydroxyl groups excluding tert-OH is 1. The summed E-state index contributed by atoms with van der Waals surface area (Å²) >= 11 is 0. The average Bonchev–Trinajstić information content (AvgIpc) is 2.31. The van der Waals surface area contributed by atoms with Crippen molar-refractivity contribution in [3.63, 3.8) is 0 Å². The van der Waals surface area contributed by atoms with Gasteiger partial charge in [-0.25, -0.2) is 5.84 Å². The summed E-state index contributed by atoms with van der Waals surface area (Å²) in [7, 11) is 0. The zero-order valence-electron chi connectivity index (χ0n) is 9.26. The molecule has 1 atom stereocenters. The molecule has 1 aromatic rings. The number of aliphatic hydroxyl groups is 1. The second kappa shape index (κ2) is 6.07. The Labute approximate surface area is 98.7 Å². The van der Waals surface area contributed by atoms with E-state index in [0.717, 1.165) is 0 Å². The molecule has 0 saturated carbocycles. The van der Waals surface area contributed by atoms with E-state index in [9.17, 15) is 9.90 Å². The van der Waals surface area contributed by atoms with Crippen LogP contribution in [0, 0.1) is 5.92 Å². The van der Waals surface area contributed by atoms with E-state index in [1.54, 1.807) is 6.07 Å². The normalized spacial score (nSPS) is 12.1. The fourth-order valence-corrected chi connectivity index (χ4v) is 1.56. The number of aromatic hydroxyl groups is 2. The Balaban J connectivity index is 2.70. The highest BCUT2D eigenvalue weighted by atomic mass is 16.3. The van der Waals surface area contributed by atoms with Gasteiger partial charge in [-0.05, 0) is 24.0 Å². The van der Waals surface area contributed by atoms with E-state index >= 15 is 0 Å². The van der Waals surface area contributed by atoms with Crippen LogP contribution in [0.1, 0.15) is 12.0 Å². The predicted molar refractivity (Wildman–Crippen MR) is 61.0 cm³/mol. The molecular weight excluding hydrogens is 224 g/mol. The molecule has 0 aromatic heterocycles. The van der Waals surface area contributed by atoms with Crippen LogP contribution in [0.2, 0.25) is 0 Å². The Morgan fingerprint density at radius 3 is 2.65 bits per heavy atom. The van der Waals surface area contributed by atoms with Crippen molar-refractivity contribution in [2.24, 2.45) is 11.8 Å². The molecule has 1 amide bonds. The summed E-state index contributed by atoms with van der Waals surface area (Å²) in [6, 6.07) is 4.20. The first-order chi connectivity index (χ1) is 8.06. The van der Waals surface area contributed by atoms with E-state index in [4.69, 9.17) is 16.1 Å². The first-order valence-electron chi connectivity index (χ1n) is 5.18. The third-order valence-electron chi connectivity index (χ3n) is 2.47. The SMILES string of the molecule is NNC(=O)CC(CO)Cc1ccc(O)cc1O. The summed E-state index contributed by atoms with van der Waals surface area (Å²) in [5.41, 5.74) is 2.55. The second-order valence-corrected chi connectivity index (χ2v) is 3.84. The molecular formula is C11H16N2O4. The van der Waals surface area contributed by atoms with Crippen LogP contribution in [0.15, 0.2) is 18.2 Å². The van der Waals surface area contributed by atoms with Crippen molar-refractivity contribution in [2.45, 2.75) is 12.8 Å². The lowest BCUT2D eigenvalue weighted by atomic mass is 9.96. The molecule has 0 heterocycles. The van der Waals surface area contributed by atoms with Gasteiger partial charge < -0.3 is 15.3 Å². The molecule has 1 aromatic carbocycles. The van der Waals surface area contributed by atoms with Gasteiger partial charge in [-0.1, -0.05) is 6.07 Å². The zero-order chi connectivity index (χ0) is 12.8. The minimum Gasteiger partial charge on any atom is -0.508 e. The molecule has 0 bridgehead atoms. The molecule has 0 radical (unpaired) electrons. The molecule has 17 heavy (non-hydrogen) atoms. The summed E-state index contributed by atoms with van der Waals surface area (Å²) in [5, 5.41) is 27.8. The van der Waals surface area contributed by atoms with Crippen molar-refractivity contribution in [1.29, 1.82) is 0 Å². The monoisotopic (exact) mass is 240 g/mol. The molecule has 0 fully saturated rings. The molecule has 0 saturated heterocycles. The standard InChI is InChI=1S/C11H16N2O4/c12-13-11(17)4-7(6-14)3-8-1-2-9(15)5-10(8)16/h1-2,5,7,14-16H,3-4,6,12H2,(H,13,17). The van der Waals surface area contributed by atoms with E-state index in [1.807, 2.05) is 5.43 Å². The van der Waals surface area contributed by atoms with Crippen molar-refractivity contribution in [3.05, 3.63) is 23.8 Å². The minimum absolute atomic E-state index is 0.0356. The summed E-state index contributed by atoms with van der Waals surface area (Å²) < 4.78 is 0. The van der Waals surface area contributed by atoms with Crippen LogP contribution in [-0.4, -0.2) is 27.8 Å². The number of nitrogens with two attached hydrogens (primary N) is 1. The van der Waals surface area contributed by atoms with Gasteiger partial charge in [0.15, 0.2) is 0 Å². The van der Waals surface area contributed by atoms with E-state index in [0.29, 0.717) is 12.0 Å². The van der Waals surface area contributed by atoms with Crippen molar-refractivity contribution in [1.82, 2.24) is 5.43 Å². The maximum absolute atomic E-state index is 11.1. The van der Waals surface area contributed by atoms with Gasteiger partial charge >= 0.3 is 0 Å². The third kappa shape index (κ3) is 3.93. The van der Waals surface area contributed by atoms with Crippen LogP contribution in [-0.2, 0) is 11.2 Å². The topological polar surface area (TPSA) is 116 Å². The fraction of sp³-hybridized carbons (Fsp3) is 0.364. The molecule has 6 N–H and O–H groups in total. The summed E-state index contributed by atoms with van der Waals surface area (Å²) in [6.45, 7) is -0.187. The number of nitrogens with one attached hydrogen (secondary N) is 1. The number of hydrogen-bond donors (Lipinski definition) is 5. The fourth-order valence-electron chi connectivity index (χ4n) is 1.56. The number of hydrogen-bond acceptors (Lipinski definition) is 5. The van der Waals surface area contributed by atoms with Gasteiger partial charge in [-0.15, -0.1) is 0 Å². The van der Waals surface area contributed by atoms with E-state index in [2.05, 4.69) is 0 Å². The largest absolute Gasteiger partial charge is 0.508 e. The van der Waals surface area contributed by atoms with E-state index in [-0.39, 0.29) is 36.4 Å². The molecule has 0 aliphatic heterocycles. The van der Waals surface area contributed by atoms with Gasteiger partial charge in [-0.3, -0.25) is 10.2 Å². The van der Waals surface area contributed by atoms with Gasteiger partial charge in [0.25, 0.3) is 0 Å². The number of hydrazine groups is 1. The third-order valence-corrected chi connectivity index (χ3v) is 2.47. The Kier molecular flexibility index (Phi) is 4.74. The maximum Gasteiger partial charge on any atom is 0.234 e. The van der Waals surface area contributed by atoms with E-state index < -0.39 is 0 Å². The highest BCUT2D eigenvalue weighted by Crippen LogP contribution is 2.25. The molecule has 6 heteroatoms. The Morgan fingerprint density at radius 1 is 1.41 bits per heavy atom. The van der Waals surface area contributed by atoms with Crippen LogP contribution in [0.3, 0.4) is 0 Å². The number of phenolic OH excluding ortho intramolecular Hbond substituents is 2. The van der Waals surface area contributed by atoms with E-state index in [1.165, 1.54) is 12.1 Å². The first-order valence-corrected chi connectivity index (χ1v) is 5.18. The van der Waals surface area contributed by atoms with Crippen molar-refractivity contribution in [2.75, 3.05) is 6.61 Å². The van der Waals surface area contributed by atoms with Crippen molar-refractivity contribution >= 4 is 5.91 Å². The highest BCUT2D eigenvalue weighted by Gasteiger charge is 2.15. The molecule has 94 valence electrons. The lowest BCUT2D eigenvalue weighted by molar-refractivity contribution is -0.122. The van der Waals surface area contributed by atoms with Crippen molar-refractivity contribution < 1.29 is 20.1 Å². The lowest BCUT2D eigenvalue weighted by Gasteiger charge is -2.14. The molecule has 6 nitrogen and oxygen atoms in total. The molecule has 0 spiro atoms. The van der Waals surface area contributed by atoms with Gasteiger partial charge in [0.2, 0.25) is 5.91 Å². The Bertz CT molecular complexity index is 395. The molecule has 0 aliphatic carbocycles. The van der Waals surface area contributed by atoms with Crippen LogP contribution in [0.25, 0.3) is 0 Å².